The summed E-state index contributed by atoms with van der Waals surface area (Å²) in [7, 11) is 3.75. The van der Waals surface area contributed by atoms with Crippen molar-refractivity contribution in [2.75, 3.05) is 27.3 Å². The lowest BCUT2D eigenvalue weighted by atomic mass is 10.1. The van der Waals surface area contributed by atoms with Gasteiger partial charge in [0.2, 0.25) is 5.79 Å². The fraction of sp³-hybridized carbons (Fsp3) is 0.304. The number of thiophene rings is 1. The Bertz CT molecular complexity index is 1000. The van der Waals surface area contributed by atoms with E-state index >= 15 is 0 Å². The van der Waals surface area contributed by atoms with Crippen molar-refractivity contribution in [3.63, 3.8) is 0 Å². The van der Waals surface area contributed by atoms with E-state index in [-0.39, 0.29) is 11.9 Å². The van der Waals surface area contributed by atoms with Crippen LogP contribution >= 0.6 is 11.3 Å². The molecule has 0 bridgehead atoms. The number of carbonyl (C=O) groups excluding carboxylic acids is 1. The molecule has 31 heavy (non-hydrogen) atoms. The summed E-state index contributed by atoms with van der Waals surface area (Å²) in [5, 5.41) is 2.01. The Hall–Kier alpha value is -2.94. The highest BCUT2D eigenvalue weighted by Gasteiger charge is 2.44. The molecule has 1 aliphatic heterocycles. The fourth-order valence-electron chi connectivity index (χ4n) is 3.27. The average molecular weight is 440 g/mol. The molecule has 8 heteroatoms. The maximum atomic E-state index is 12.1. The number of hydrogen-bond acceptors (Lipinski definition) is 7. The Morgan fingerprint density at radius 3 is 2.87 bits per heavy atom. The van der Waals surface area contributed by atoms with Gasteiger partial charge in [-0.3, -0.25) is 4.79 Å². The molecule has 1 aliphatic rings. The number of aromatic nitrogens is 2. The van der Waals surface area contributed by atoms with Crippen LogP contribution in [0.5, 0.6) is 5.75 Å². The maximum Gasteiger partial charge on any atom is 0.223 e. The first-order chi connectivity index (χ1) is 15.0. The second-order valence-corrected chi connectivity index (χ2v) is 8.44. The Balaban J connectivity index is 1.37. The van der Waals surface area contributed by atoms with Crippen LogP contribution in [0.25, 0.3) is 0 Å². The molecule has 2 unspecified atom stereocenters. The van der Waals surface area contributed by atoms with Gasteiger partial charge in [-0.1, -0.05) is 6.07 Å². The lowest BCUT2D eigenvalue weighted by molar-refractivity contribution is -0.186. The predicted molar refractivity (Wildman–Crippen MR) is 118 cm³/mol. The number of nitrogens with zero attached hydrogens (tertiary/aromatic N) is 3. The standard InChI is InChI=1S/C23H25N3O4S/c1-25(2)11-9-21(27)18-5-7-19(8-6-18)28-14-20-15-29-23(30-20,22-4-3-13-31-22)16-26-12-10-24-17-26/h3-13,17,20H,14-16H2,1-2H3. The van der Waals surface area contributed by atoms with Crippen LogP contribution in [-0.2, 0) is 21.8 Å². The van der Waals surface area contributed by atoms with Crippen molar-refractivity contribution in [3.05, 3.63) is 83.2 Å². The molecule has 7 nitrogen and oxygen atoms in total. The number of allylic oxidation sites excluding steroid dienone is 1. The molecular formula is C23H25N3O4S. The largest absolute Gasteiger partial charge is 0.491 e. The van der Waals surface area contributed by atoms with Crippen molar-refractivity contribution < 1.29 is 19.0 Å². The molecule has 162 valence electrons. The number of ketones is 1. The van der Waals surface area contributed by atoms with E-state index in [1.54, 1.807) is 60.4 Å². The second-order valence-electron chi connectivity index (χ2n) is 7.50. The van der Waals surface area contributed by atoms with Crippen LogP contribution in [-0.4, -0.2) is 53.6 Å². The molecule has 2 aromatic heterocycles. The van der Waals surface area contributed by atoms with E-state index in [1.165, 1.54) is 0 Å². The van der Waals surface area contributed by atoms with Crippen LogP contribution in [0.3, 0.4) is 0 Å². The van der Waals surface area contributed by atoms with Crippen LogP contribution in [0, 0.1) is 0 Å². The molecular weight excluding hydrogens is 414 g/mol. The predicted octanol–water partition coefficient (Wildman–Crippen LogP) is 3.55. The summed E-state index contributed by atoms with van der Waals surface area (Å²) < 4.78 is 20.4. The Morgan fingerprint density at radius 2 is 2.19 bits per heavy atom. The number of benzene rings is 1. The molecule has 0 aliphatic carbocycles. The van der Waals surface area contributed by atoms with E-state index in [0.29, 0.717) is 31.1 Å². The van der Waals surface area contributed by atoms with Crippen molar-refractivity contribution in [2.45, 2.75) is 18.4 Å². The third-order valence-electron chi connectivity index (χ3n) is 4.80. The lowest BCUT2D eigenvalue weighted by Gasteiger charge is -2.27. The summed E-state index contributed by atoms with van der Waals surface area (Å²) in [4.78, 5) is 19.1. The van der Waals surface area contributed by atoms with E-state index in [2.05, 4.69) is 4.98 Å². The number of imidazole rings is 1. The van der Waals surface area contributed by atoms with Crippen LogP contribution in [0.15, 0.2) is 72.8 Å². The summed E-state index contributed by atoms with van der Waals surface area (Å²) in [6.07, 6.45) is 8.44. The van der Waals surface area contributed by atoms with Gasteiger partial charge < -0.3 is 23.7 Å². The molecule has 3 heterocycles. The van der Waals surface area contributed by atoms with Gasteiger partial charge >= 0.3 is 0 Å². The van der Waals surface area contributed by atoms with Crippen LogP contribution in [0.1, 0.15) is 15.2 Å². The molecule has 1 aromatic carbocycles. The van der Waals surface area contributed by atoms with Gasteiger partial charge in [-0.15, -0.1) is 11.3 Å². The normalized spacial score (nSPS) is 20.9. The molecule has 2 atom stereocenters. The Labute approximate surface area is 185 Å². The van der Waals surface area contributed by atoms with Crippen molar-refractivity contribution in [1.82, 2.24) is 14.5 Å². The summed E-state index contributed by atoms with van der Waals surface area (Å²) in [6, 6.07) is 11.1. The van der Waals surface area contributed by atoms with E-state index in [4.69, 9.17) is 14.2 Å². The number of rotatable bonds is 9. The molecule has 0 saturated carbocycles. The second kappa shape index (κ2) is 9.47. The minimum Gasteiger partial charge on any atom is -0.491 e. The van der Waals surface area contributed by atoms with E-state index < -0.39 is 5.79 Å². The van der Waals surface area contributed by atoms with Crippen LogP contribution < -0.4 is 4.74 Å². The first-order valence-electron chi connectivity index (χ1n) is 9.97. The molecule has 0 amide bonds. The Morgan fingerprint density at radius 1 is 1.35 bits per heavy atom. The average Bonchev–Trinajstić information content (AvgIpc) is 3.53. The molecule has 3 aromatic rings. The zero-order valence-corrected chi connectivity index (χ0v) is 18.3. The SMILES string of the molecule is CN(C)C=CC(=O)c1ccc(OCC2COC(Cn3ccnc3)(c3cccs3)O2)cc1. The summed E-state index contributed by atoms with van der Waals surface area (Å²) in [5.41, 5.74) is 0.614. The van der Waals surface area contributed by atoms with Crippen LogP contribution in [0.2, 0.25) is 0 Å². The summed E-state index contributed by atoms with van der Waals surface area (Å²) in [6.45, 7) is 1.30. The third kappa shape index (κ3) is 5.22. The topological polar surface area (TPSA) is 65.8 Å². The van der Waals surface area contributed by atoms with Gasteiger partial charge in [-0.05, 0) is 35.7 Å². The monoisotopic (exact) mass is 439 g/mol. The molecule has 0 N–H and O–H groups in total. The van der Waals surface area contributed by atoms with Crippen molar-refractivity contribution in [3.8, 4) is 5.75 Å². The van der Waals surface area contributed by atoms with Gasteiger partial charge in [-0.2, -0.15) is 0 Å². The number of carbonyl (C=O) groups is 1. The van der Waals surface area contributed by atoms with Gasteiger partial charge in [0, 0.05) is 44.3 Å². The summed E-state index contributed by atoms with van der Waals surface area (Å²) >= 11 is 1.60. The van der Waals surface area contributed by atoms with Crippen molar-refractivity contribution >= 4 is 17.1 Å². The van der Waals surface area contributed by atoms with Gasteiger partial charge in [0.05, 0.1) is 24.4 Å². The molecule has 0 radical (unpaired) electrons. The van der Waals surface area contributed by atoms with E-state index in [1.807, 2.05) is 47.3 Å². The minimum absolute atomic E-state index is 0.0481. The first-order valence-corrected chi connectivity index (χ1v) is 10.9. The highest BCUT2D eigenvalue weighted by molar-refractivity contribution is 7.10. The highest BCUT2D eigenvalue weighted by Crippen LogP contribution is 2.38. The van der Waals surface area contributed by atoms with E-state index in [0.717, 1.165) is 4.88 Å². The molecule has 4 rings (SSSR count). The summed E-state index contributed by atoms with van der Waals surface area (Å²) in [5.74, 6) is -0.217. The lowest BCUT2D eigenvalue weighted by Crippen LogP contribution is -2.33. The molecule has 1 saturated heterocycles. The smallest absolute Gasteiger partial charge is 0.223 e. The highest BCUT2D eigenvalue weighted by atomic mass is 32.1. The fourth-order valence-corrected chi connectivity index (χ4v) is 4.08. The first kappa shape index (κ1) is 21.3. The van der Waals surface area contributed by atoms with Gasteiger partial charge in [0.1, 0.15) is 18.5 Å². The van der Waals surface area contributed by atoms with Crippen molar-refractivity contribution in [1.29, 1.82) is 0 Å². The van der Waals surface area contributed by atoms with E-state index in [9.17, 15) is 4.79 Å². The zero-order chi connectivity index (χ0) is 21.7. The molecule has 1 fully saturated rings. The molecule has 0 spiro atoms. The van der Waals surface area contributed by atoms with Gasteiger partial charge in [-0.25, -0.2) is 4.98 Å². The zero-order valence-electron chi connectivity index (χ0n) is 17.5. The number of ether oxygens (including phenoxy) is 3. The quantitative estimate of drug-likeness (QED) is 0.375. The van der Waals surface area contributed by atoms with Crippen LogP contribution in [0.4, 0.5) is 0 Å². The van der Waals surface area contributed by atoms with Gasteiger partial charge in [0.25, 0.3) is 0 Å². The van der Waals surface area contributed by atoms with Crippen molar-refractivity contribution in [2.24, 2.45) is 0 Å². The Kier molecular flexibility index (Phi) is 6.50. The third-order valence-corrected chi connectivity index (χ3v) is 5.80. The number of hydrogen-bond donors (Lipinski definition) is 0. The minimum atomic E-state index is -0.849. The van der Waals surface area contributed by atoms with Gasteiger partial charge in [0.15, 0.2) is 5.78 Å². The maximum absolute atomic E-state index is 12.1.